The normalized spacial score (nSPS) is 11.7. The summed E-state index contributed by atoms with van der Waals surface area (Å²) in [4.78, 5) is 25.1. The summed E-state index contributed by atoms with van der Waals surface area (Å²) in [6, 6.07) is 12.7. The first-order chi connectivity index (χ1) is 15.8. The molecule has 1 atom stereocenters. The van der Waals surface area contributed by atoms with Crippen LogP contribution in [0.2, 0.25) is 0 Å². The van der Waals surface area contributed by atoms with Gasteiger partial charge in [0.1, 0.15) is 5.75 Å². The number of hydrogen-bond donors (Lipinski definition) is 2. The van der Waals surface area contributed by atoms with Crippen LogP contribution in [0, 0.1) is 13.8 Å². The molecule has 0 bridgehead atoms. The number of hydrogen-bond acceptors (Lipinski definition) is 6. The molecule has 0 radical (unpaired) electrons. The van der Waals surface area contributed by atoms with Gasteiger partial charge in [0.2, 0.25) is 5.91 Å². The molecule has 2 N–H and O–H groups in total. The third kappa shape index (κ3) is 6.13. The number of aromatic nitrogens is 3. The number of carbonyl (C=O) groups is 2. The van der Waals surface area contributed by atoms with Crippen molar-refractivity contribution in [2.24, 2.45) is 0 Å². The van der Waals surface area contributed by atoms with Crippen LogP contribution in [0.5, 0.6) is 5.75 Å². The number of rotatable bonds is 9. The Kier molecular flexibility index (Phi) is 8.11. The summed E-state index contributed by atoms with van der Waals surface area (Å²) in [7, 11) is 1.57. The van der Waals surface area contributed by atoms with Gasteiger partial charge in [-0.25, -0.2) is 0 Å². The van der Waals surface area contributed by atoms with E-state index in [1.165, 1.54) is 11.8 Å². The zero-order valence-electron chi connectivity index (χ0n) is 19.5. The van der Waals surface area contributed by atoms with Crippen LogP contribution >= 0.6 is 11.8 Å². The Morgan fingerprint density at radius 2 is 1.88 bits per heavy atom. The monoisotopic (exact) mass is 467 g/mol. The Hall–Kier alpha value is -3.33. The number of ether oxygens (including phenoxy) is 1. The van der Waals surface area contributed by atoms with Crippen molar-refractivity contribution >= 4 is 29.3 Å². The molecule has 0 fully saturated rings. The Labute approximate surface area is 198 Å². The van der Waals surface area contributed by atoms with Gasteiger partial charge in [-0.15, -0.1) is 10.2 Å². The summed E-state index contributed by atoms with van der Waals surface area (Å²) < 4.78 is 7.23. The largest absolute Gasteiger partial charge is 0.495 e. The van der Waals surface area contributed by atoms with E-state index in [1.807, 2.05) is 68.7 Å². The lowest BCUT2D eigenvalue weighted by Gasteiger charge is -2.15. The molecule has 0 aliphatic heterocycles. The van der Waals surface area contributed by atoms with Crippen LogP contribution in [0.3, 0.4) is 0 Å². The van der Waals surface area contributed by atoms with E-state index in [2.05, 4.69) is 20.8 Å². The third-order valence-electron chi connectivity index (χ3n) is 5.04. The highest BCUT2D eigenvalue weighted by atomic mass is 32.2. The first-order valence-electron chi connectivity index (χ1n) is 10.7. The molecule has 9 heteroatoms. The molecule has 0 unspecified atom stereocenters. The van der Waals surface area contributed by atoms with E-state index < -0.39 is 0 Å². The SMILES string of the molecule is CCn1c(SCC(=O)Nc2cc(C)ccc2OC)nnc1[C@@H](C)NC(=O)c1cccc(C)c1. The Morgan fingerprint density at radius 1 is 1.12 bits per heavy atom. The number of anilines is 1. The van der Waals surface area contributed by atoms with Crippen molar-refractivity contribution in [3.8, 4) is 5.75 Å². The fourth-order valence-corrected chi connectivity index (χ4v) is 4.20. The molecule has 0 saturated heterocycles. The van der Waals surface area contributed by atoms with Crippen LogP contribution < -0.4 is 15.4 Å². The molecule has 8 nitrogen and oxygen atoms in total. The van der Waals surface area contributed by atoms with E-state index in [-0.39, 0.29) is 23.6 Å². The quantitative estimate of drug-likeness (QED) is 0.459. The van der Waals surface area contributed by atoms with E-state index in [1.54, 1.807) is 13.2 Å². The van der Waals surface area contributed by atoms with Crippen molar-refractivity contribution in [2.45, 2.75) is 45.4 Å². The number of aryl methyl sites for hydroxylation is 2. The molecule has 0 aliphatic rings. The fourth-order valence-electron chi connectivity index (χ4n) is 3.39. The van der Waals surface area contributed by atoms with E-state index >= 15 is 0 Å². The highest BCUT2D eigenvalue weighted by molar-refractivity contribution is 7.99. The fraction of sp³-hybridized carbons (Fsp3) is 0.333. The predicted octanol–water partition coefficient (Wildman–Crippen LogP) is 4.15. The number of nitrogens with zero attached hydrogens (tertiary/aromatic N) is 3. The van der Waals surface area contributed by atoms with E-state index in [0.29, 0.717) is 34.5 Å². The van der Waals surface area contributed by atoms with Crippen molar-refractivity contribution in [3.63, 3.8) is 0 Å². The van der Waals surface area contributed by atoms with Gasteiger partial charge in [-0.2, -0.15) is 0 Å². The molecule has 1 aromatic heterocycles. The van der Waals surface area contributed by atoms with Gasteiger partial charge in [-0.1, -0.05) is 35.5 Å². The molecule has 3 rings (SSSR count). The molecule has 33 heavy (non-hydrogen) atoms. The number of nitrogens with one attached hydrogen (secondary N) is 2. The van der Waals surface area contributed by atoms with Gasteiger partial charge < -0.3 is 19.9 Å². The highest BCUT2D eigenvalue weighted by Crippen LogP contribution is 2.26. The van der Waals surface area contributed by atoms with Crippen molar-refractivity contribution in [1.82, 2.24) is 20.1 Å². The molecule has 2 amide bonds. The highest BCUT2D eigenvalue weighted by Gasteiger charge is 2.20. The van der Waals surface area contributed by atoms with Gasteiger partial charge in [0.15, 0.2) is 11.0 Å². The van der Waals surface area contributed by atoms with Crippen molar-refractivity contribution in [1.29, 1.82) is 0 Å². The minimum absolute atomic E-state index is 0.166. The summed E-state index contributed by atoms with van der Waals surface area (Å²) in [5.74, 6) is 1.08. The first kappa shape index (κ1) is 24.3. The smallest absolute Gasteiger partial charge is 0.251 e. The zero-order valence-corrected chi connectivity index (χ0v) is 20.3. The number of carbonyl (C=O) groups excluding carboxylic acids is 2. The lowest BCUT2D eigenvalue weighted by Crippen LogP contribution is -2.28. The molecular formula is C24H29N5O3S. The lowest BCUT2D eigenvalue weighted by molar-refractivity contribution is -0.113. The molecule has 1 heterocycles. The number of benzene rings is 2. The maximum absolute atomic E-state index is 12.6. The van der Waals surface area contributed by atoms with Crippen LogP contribution in [0.4, 0.5) is 5.69 Å². The Balaban J connectivity index is 1.65. The standard InChI is InChI=1S/C24H29N5O3S/c1-6-29-22(17(4)25-23(31)18-9-7-8-15(2)12-18)27-28-24(29)33-14-21(30)26-19-13-16(3)10-11-20(19)32-5/h7-13,17H,6,14H2,1-5H3,(H,25,31)(H,26,30)/t17-/m1/s1. The van der Waals surface area contributed by atoms with Crippen molar-refractivity contribution < 1.29 is 14.3 Å². The van der Waals surface area contributed by atoms with Gasteiger partial charge in [-0.05, 0) is 57.5 Å². The minimum atomic E-state index is -0.342. The van der Waals surface area contributed by atoms with Crippen LogP contribution in [-0.2, 0) is 11.3 Å². The summed E-state index contributed by atoms with van der Waals surface area (Å²) in [5, 5.41) is 15.0. The maximum atomic E-state index is 12.6. The van der Waals surface area contributed by atoms with E-state index in [4.69, 9.17) is 4.74 Å². The Morgan fingerprint density at radius 3 is 2.58 bits per heavy atom. The molecule has 0 aliphatic carbocycles. The summed E-state index contributed by atoms with van der Waals surface area (Å²) >= 11 is 1.30. The second-order valence-electron chi connectivity index (χ2n) is 7.69. The number of amides is 2. The number of methoxy groups -OCH3 is 1. The molecule has 2 aromatic carbocycles. The van der Waals surface area contributed by atoms with Crippen LogP contribution in [0.25, 0.3) is 0 Å². The minimum Gasteiger partial charge on any atom is -0.495 e. The van der Waals surface area contributed by atoms with Crippen LogP contribution in [-0.4, -0.2) is 39.4 Å². The topological polar surface area (TPSA) is 98.1 Å². The zero-order chi connectivity index (χ0) is 24.0. The van der Waals surface area contributed by atoms with Crippen LogP contribution in [0.1, 0.15) is 47.2 Å². The summed E-state index contributed by atoms with van der Waals surface area (Å²) in [6.07, 6.45) is 0. The molecule has 0 spiro atoms. The average Bonchev–Trinajstić information content (AvgIpc) is 3.21. The van der Waals surface area contributed by atoms with Crippen molar-refractivity contribution in [2.75, 3.05) is 18.2 Å². The second-order valence-corrected chi connectivity index (χ2v) is 8.63. The Bertz CT molecular complexity index is 1140. The van der Waals surface area contributed by atoms with Gasteiger partial charge >= 0.3 is 0 Å². The van der Waals surface area contributed by atoms with Gasteiger partial charge in [0.05, 0.1) is 24.6 Å². The summed E-state index contributed by atoms with van der Waals surface area (Å²) in [5.41, 5.74) is 3.28. The molecule has 174 valence electrons. The molecule has 3 aromatic rings. The maximum Gasteiger partial charge on any atom is 0.251 e. The third-order valence-corrected chi connectivity index (χ3v) is 6.01. The van der Waals surface area contributed by atoms with Gasteiger partial charge in [0, 0.05) is 12.1 Å². The van der Waals surface area contributed by atoms with Gasteiger partial charge in [-0.3, -0.25) is 9.59 Å². The van der Waals surface area contributed by atoms with Gasteiger partial charge in [0.25, 0.3) is 5.91 Å². The number of thioether (sulfide) groups is 1. The van der Waals surface area contributed by atoms with Crippen LogP contribution in [0.15, 0.2) is 47.6 Å². The first-order valence-corrected chi connectivity index (χ1v) is 11.7. The van der Waals surface area contributed by atoms with E-state index in [9.17, 15) is 9.59 Å². The summed E-state index contributed by atoms with van der Waals surface area (Å²) in [6.45, 7) is 8.36. The molecule has 0 saturated carbocycles. The lowest BCUT2D eigenvalue weighted by atomic mass is 10.1. The second kappa shape index (κ2) is 11.0. The average molecular weight is 468 g/mol. The van der Waals surface area contributed by atoms with E-state index in [0.717, 1.165) is 11.1 Å². The molecular weight excluding hydrogens is 438 g/mol. The van der Waals surface area contributed by atoms with Crippen molar-refractivity contribution in [3.05, 3.63) is 65.0 Å². The predicted molar refractivity (Wildman–Crippen MR) is 130 cm³/mol.